The normalized spacial score (nSPS) is 17.8. The van der Waals surface area contributed by atoms with Crippen LogP contribution in [0.2, 0.25) is 0 Å². The van der Waals surface area contributed by atoms with Crippen molar-refractivity contribution in [3.05, 3.63) is 23.3 Å². The van der Waals surface area contributed by atoms with E-state index in [-0.39, 0.29) is 11.3 Å². The van der Waals surface area contributed by atoms with Crippen LogP contribution in [0.4, 0.5) is 8.78 Å². The molecule has 5 heteroatoms. The van der Waals surface area contributed by atoms with Crippen molar-refractivity contribution in [1.29, 1.82) is 0 Å². The maximum atomic E-state index is 13.0. The van der Waals surface area contributed by atoms with Crippen LogP contribution in [0.25, 0.3) is 0 Å². The highest BCUT2D eigenvalue weighted by Gasteiger charge is 2.35. The second-order valence-corrected chi connectivity index (χ2v) is 4.96. The molecule has 0 heterocycles. The first-order valence-electron chi connectivity index (χ1n) is 6.35. The van der Waals surface area contributed by atoms with Gasteiger partial charge in [0.15, 0.2) is 0 Å². The van der Waals surface area contributed by atoms with Crippen LogP contribution >= 0.6 is 0 Å². The molecule has 1 aromatic carbocycles. The quantitative estimate of drug-likeness (QED) is 0.913. The van der Waals surface area contributed by atoms with E-state index < -0.39 is 12.0 Å². The van der Waals surface area contributed by atoms with Crippen LogP contribution in [0.1, 0.15) is 43.2 Å². The van der Waals surface area contributed by atoms with E-state index in [1.165, 1.54) is 20.3 Å². The van der Waals surface area contributed by atoms with E-state index in [4.69, 9.17) is 15.2 Å². The standard InChI is InChI=1S/C14H19F2NO2/c1-18-11-8-10(14(17)5-3-4-6-14)12(19-2)7-9(11)13(15)16/h7-8,13H,3-6,17H2,1-2H3. The zero-order valence-electron chi connectivity index (χ0n) is 11.2. The lowest BCUT2D eigenvalue weighted by Gasteiger charge is -2.27. The van der Waals surface area contributed by atoms with Crippen molar-refractivity contribution < 1.29 is 18.3 Å². The topological polar surface area (TPSA) is 44.5 Å². The maximum Gasteiger partial charge on any atom is 0.267 e. The van der Waals surface area contributed by atoms with Gasteiger partial charge in [0, 0.05) is 11.1 Å². The van der Waals surface area contributed by atoms with Crippen molar-refractivity contribution in [2.75, 3.05) is 14.2 Å². The van der Waals surface area contributed by atoms with E-state index in [9.17, 15) is 8.78 Å². The summed E-state index contributed by atoms with van der Waals surface area (Å²) in [6, 6.07) is 2.94. The number of nitrogens with two attached hydrogens (primary N) is 1. The van der Waals surface area contributed by atoms with Crippen molar-refractivity contribution in [3.8, 4) is 11.5 Å². The molecule has 1 saturated carbocycles. The molecule has 3 nitrogen and oxygen atoms in total. The Bertz CT molecular complexity index is 457. The van der Waals surface area contributed by atoms with Gasteiger partial charge in [0.05, 0.1) is 19.8 Å². The van der Waals surface area contributed by atoms with Gasteiger partial charge < -0.3 is 15.2 Å². The van der Waals surface area contributed by atoms with Gasteiger partial charge in [-0.2, -0.15) is 0 Å². The van der Waals surface area contributed by atoms with E-state index >= 15 is 0 Å². The lowest BCUT2D eigenvalue weighted by atomic mass is 9.87. The summed E-state index contributed by atoms with van der Waals surface area (Å²) in [5, 5.41) is 0. The van der Waals surface area contributed by atoms with E-state index in [2.05, 4.69) is 0 Å². The van der Waals surface area contributed by atoms with Gasteiger partial charge in [0.2, 0.25) is 0 Å². The predicted octanol–water partition coefficient (Wildman–Crippen LogP) is 3.37. The minimum absolute atomic E-state index is 0.162. The number of alkyl halides is 2. The van der Waals surface area contributed by atoms with Gasteiger partial charge in [0.25, 0.3) is 6.43 Å². The van der Waals surface area contributed by atoms with Crippen LogP contribution in [0.15, 0.2) is 12.1 Å². The summed E-state index contributed by atoms with van der Waals surface area (Å²) < 4.78 is 36.2. The van der Waals surface area contributed by atoms with Crippen molar-refractivity contribution in [1.82, 2.24) is 0 Å². The average Bonchev–Trinajstić information content (AvgIpc) is 2.85. The van der Waals surface area contributed by atoms with Gasteiger partial charge in [-0.25, -0.2) is 8.78 Å². The van der Waals surface area contributed by atoms with Crippen LogP contribution in [0.3, 0.4) is 0 Å². The van der Waals surface area contributed by atoms with Gasteiger partial charge in [0.1, 0.15) is 11.5 Å². The predicted molar refractivity (Wildman–Crippen MR) is 68.8 cm³/mol. The molecule has 1 aliphatic carbocycles. The zero-order chi connectivity index (χ0) is 14.0. The number of ether oxygens (including phenoxy) is 2. The molecule has 19 heavy (non-hydrogen) atoms. The molecule has 0 saturated heterocycles. The van der Waals surface area contributed by atoms with Crippen LogP contribution in [-0.4, -0.2) is 14.2 Å². The summed E-state index contributed by atoms with van der Waals surface area (Å²) in [7, 11) is 2.86. The molecule has 0 atom stereocenters. The van der Waals surface area contributed by atoms with Crippen LogP contribution in [-0.2, 0) is 5.54 Å². The fraction of sp³-hybridized carbons (Fsp3) is 0.571. The average molecular weight is 271 g/mol. The Kier molecular flexibility index (Phi) is 3.94. The third-order valence-corrected chi connectivity index (χ3v) is 3.82. The highest BCUT2D eigenvalue weighted by Crippen LogP contribution is 2.44. The lowest BCUT2D eigenvalue weighted by molar-refractivity contribution is 0.146. The second kappa shape index (κ2) is 5.33. The molecule has 0 amide bonds. The number of benzene rings is 1. The Balaban J connectivity index is 2.54. The highest BCUT2D eigenvalue weighted by atomic mass is 19.3. The van der Waals surface area contributed by atoms with Crippen molar-refractivity contribution in [2.24, 2.45) is 5.73 Å². The molecule has 0 radical (unpaired) electrons. The number of halogens is 2. The SMILES string of the molecule is COc1cc(C2(N)CCCC2)c(OC)cc1C(F)F. The number of rotatable bonds is 4. The number of methoxy groups -OCH3 is 2. The van der Waals surface area contributed by atoms with Crippen molar-refractivity contribution >= 4 is 0 Å². The third-order valence-electron chi connectivity index (χ3n) is 3.82. The molecule has 1 aliphatic rings. The summed E-state index contributed by atoms with van der Waals surface area (Å²) in [5.74, 6) is 0.586. The zero-order valence-corrected chi connectivity index (χ0v) is 11.2. The molecular formula is C14H19F2NO2. The Morgan fingerprint density at radius 2 is 1.68 bits per heavy atom. The summed E-state index contributed by atoms with van der Waals surface area (Å²) in [5.41, 5.74) is 6.48. The first-order valence-corrected chi connectivity index (χ1v) is 6.35. The second-order valence-electron chi connectivity index (χ2n) is 4.96. The first-order chi connectivity index (χ1) is 9.01. The molecule has 0 bridgehead atoms. The molecule has 106 valence electrons. The molecule has 0 unspecified atom stereocenters. The van der Waals surface area contributed by atoms with Gasteiger partial charge in [-0.1, -0.05) is 12.8 Å². The number of hydrogen-bond acceptors (Lipinski definition) is 3. The smallest absolute Gasteiger partial charge is 0.267 e. The molecule has 2 rings (SSSR count). The van der Waals surface area contributed by atoms with Crippen LogP contribution in [0.5, 0.6) is 11.5 Å². The van der Waals surface area contributed by atoms with E-state index in [1.807, 2.05) is 0 Å². The van der Waals surface area contributed by atoms with Crippen molar-refractivity contribution in [3.63, 3.8) is 0 Å². The minimum Gasteiger partial charge on any atom is -0.496 e. The Hall–Kier alpha value is -1.36. The highest BCUT2D eigenvalue weighted by molar-refractivity contribution is 5.50. The maximum absolute atomic E-state index is 13.0. The van der Waals surface area contributed by atoms with E-state index in [0.29, 0.717) is 5.75 Å². The third kappa shape index (κ3) is 2.52. The minimum atomic E-state index is -2.60. The number of hydrogen-bond donors (Lipinski definition) is 1. The molecular weight excluding hydrogens is 252 g/mol. The Morgan fingerprint density at radius 3 is 2.16 bits per heavy atom. The van der Waals surface area contributed by atoms with E-state index in [1.54, 1.807) is 6.07 Å². The summed E-state index contributed by atoms with van der Waals surface area (Å²) >= 11 is 0. The van der Waals surface area contributed by atoms with Gasteiger partial charge >= 0.3 is 0 Å². The largest absolute Gasteiger partial charge is 0.496 e. The fourth-order valence-electron chi connectivity index (χ4n) is 2.76. The molecule has 1 aromatic rings. The van der Waals surface area contributed by atoms with Gasteiger partial charge in [-0.3, -0.25) is 0 Å². The van der Waals surface area contributed by atoms with E-state index in [0.717, 1.165) is 31.2 Å². The Labute approximate surface area is 111 Å². The monoisotopic (exact) mass is 271 g/mol. The molecule has 2 N–H and O–H groups in total. The molecule has 1 fully saturated rings. The summed E-state index contributed by atoms with van der Waals surface area (Å²) in [6.07, 6.45) is 1.15. The van der Waals surface area contributed by atoms with Crippen LogP contribution < -0.4 is 15.2 Å². The molecule has 0 aliphatic heterocycles. The Morgan fingerprint density at radius 1 is 1.11 bits per heavy atom. The van der Waals surface area contributed by atoms with Gasteiger partial charge in [-0.15, -0.1) is 0 Å². The molecule has 0 spiro atoms. The molecule has 0 aromatic heterocycles. The van der Waals surface area contributed by atoms with Gasteiger partial charge in [-0.05, 0) is 25.0 Å². The summed E-state index contributed by atoms with van der Waals surface area (Å²) in [4.78, 5) is 0. The van der Waals surface area contributed by atoms with Crippen LogP contribution in [0, 0.1) is 0 Å². The lowest BCUT2D eigenvalue weighted by Crippen LogP contribution is -2.33. The fourth-order valence-corrected chi connectivity index (χ4v) is 2.76. The van der Waals surface area contributed by atoms with Crippen molar-refractivity contribution in [2.45, 2.75) is 37.6 Å². The summed E-state index contributed by atoms with van der Waals surface area (Å²) in [6.45, 7) is 0. The first kappa shape index (κ1) is 14.1.